The van der Waals surface area contributed by atoms with Gasteiger partial charge in [0.25, 0.3) is 0 Å². The highest BCUT2D eigenvalue weighted by Crippen LogP contribution is 1.98. The summed E-state index contributed by atoms with van der Waals surface area (Å²) >= 11 is 0. The van der Waals surface area contributed by atoms with E-state index in [4.69, 9.17) is 20.7 Å². The van der Waals surface area contributed by atoms with Crippen molar-refractivity contribution in [1.29, 1.82) is 0 Å². The van der Waals surface area contributed by atoms with Crippen LogP contribution >= 0.6 is 0 Å². The Labute approximate surface area is 99.9 Å². The molecule has 0 saturated heterocycles. The van der Waals surface area contributed by atoms with Crippen LogP contribution in [0.2, 0.25) is 0 Å². The zero-order valence-electron chi connectivity index (χ0n) is 9.72. The fourth-order valence-corrected chi connectivity index (χ4v) is 1.08. The van der Waals surface area contributed by atoms with Crippen molar-refractivity contribution in [2.24, 2.45) is 5.73 Å². The summed E-state index contributed by atoms with van der Waals surface area (Å²) < 4.78 is 4.72. The molecule has 0 fully saturated rings. The van der Waals surface area contributed by atoms with Gasteiger partial charge in [-0.15, -0.1) is 0 Å². The number of hydrogen-bond donors (Lipinski definition) is 4. The average Bonchev–Trinajstić information content (AvgIpc) is 2.28. The van der Waals surface area contributed by atoms with Crippen molar-refractivity contribution in [3.8, 4) is 0 Å². The molecule has 0 aliphatic rings. The summed E-state index contributed by atoms with van der Waals surface area (Å²) in [5, 5.41) is 19.5. The van der Waals surface area contributed by atoms with Crippen molar-refractivity contribution in [2.45, 2.75) is 31.7 Å². The number of aliphatic hydroxyl groups is 1. The minimum Gasteiger partial charge on any atom is -0.480 e. The van der Waals surface area contributed by atoms with E-state index in [-0.39, 0.29) is 13.2 Å². The lowest BCUT2D eigenvalue weighted by molar-refractivity contribution is -0.138. The first-order valence-electron chi connectivity index (χ1n) is 5.57. The van der Waals surface area contributed by atoms with E-state index in [1.165, 1.54) is 0 Å². The van der Waals surface area contributed by atoms with Crippen molar-refractivity contribution >= 4 is 12.1 Å². The normalized spacial score (nSPS) is 11.9. The summed E-state index contributed by atoms with van der Waals surface area (Å²) in [6.07, 6.45) is 1.55. The minimum absolute atomic E-state index is 0.0135. The molecule has 0 aromatic carbocycles. The number of rotatable bonds is 9. The Morgan fingerprint density at radius 3 is 2.59 bits per heavy atom. The molecule has 7 nitrogen and oxygen atoms in total. The monoisotopic (exact) mass is 248 g/mol. The number of hydrogen-bond acceptors (Lipinski definition) is 5. The maximum atomic E-state index is 11.0. The lowest BCUT2D eigenvalue weighted by Gasteiger charge is -2.07. The van der Waals surface area contributed by atoms with E-state index in [1.54, 1.807) is 0 Å². The number of aliphatic carboxylic acids is 1. The molecule has 0 spiro atoms. The van der Waals surface area contributed by atoms with E-state index < -0.39 is 18.1 Å². The highest BCUT2D eigenvalue weighted by molar-refractivity contribution is 5.72. The van der Waals surface area contributed by atoms with Crippen molar-refractivity contribution in [1.82, 2.24) is 5.32 Å². The summed E-state index contributed by atoms with van der Waals surface area (Å²) in [5.41, 5.74) is 5.30. The number of carboxylic acid groups (broad SMARTS) is 1. The van der Waals surface area contributed by atoms with E-state index >= 15 is 0 Å². The largest absolute Gasteiger partial charge is 0.480 e. The Bertz CT molecular complexity index is 235. The topological polar surface area (TPSA) is 122 Å². The van der Waals surface area contributed by atoms with Gasteiger partial charge in [0, 0.05) is 19.6 Å². The third kappa shape index (κ3) is 9.58. The number of aliphatic hydroxyl groups excluding tert-OH is 1. The number of carboxylic acids is 1. The lowest BCUT2D eigenvalue weighted by atomic mass is 10.1. The smallest absolute Gasteiger partial charge is 0.407 e. The number of carbonyl (C=O) groups is 2. The number of unbranched alkanes of at least 4 members (excludes halogenated alkanes) is 1. The number of carbonyl (C=O) groups excluding carboxylic acids is 1. The number of amides is 1. The van der Waals surface area contributed by atoms with Crippen LogP contribution in [0.3, 0.4) is 0 Å². The van der Waals surface area contributed by atoms with E-state index in [1.807, 2.05) is 0 Å². The zero-order valence-corrected chi connectivity index (χ0v) is 9.72. The molecule has 1 atom stereocenters. The highest BCUT2D eigenvalue weighted by atomic mass is 16.5. The van der Waals surface area contributed by atoms with E-state index in [2.05, 4.69) is 5.32 Å². The van der Waals surface area contributed by atoms with Gasteiger partial charge in [-0.05, 0) is 19.3 Å². The third-order valence-corrected chi connectivity index (χ3v) is 2.06. The summed E-state index contributed by atoms with van der Waals surface area (Å²) in [5.74, 6) is -1.01. The Morgan fingerprint density at radius 2 is 2.00 bits per heavy atom. The molecule has 0 aromatic rings. The van der Waals surface area contributed by atoms with Crippen LogP contribution < -0.4 is 11.1 Å². The Kier molecular flexibility index (Phi) is 9.08. The molecule has 0 radical (unpaired) electrons. The lowest BCUT2D eigenvalue weighted by Crippen LogP contribution is -2.30. The second-order valence-electron chi connectivity index (χ2n) is 3.58. The second-order valence-corrected chi connectivity index (χ2v) is 3.58. The molecule has 0 unspecified atom stereocenters. The van der Waals surface area contributed by atoms with Crippen LogP contribution in [-0.4, -0.2) is 48.1 Å². The molecular weight excluding hydrogens is 228 g/mol. The highest BCUT2D eigenvalue weighted by Gasteiger charge is 2.10. The summed E-state index contributed by atoms with van der Waals surface area (Å²) in [7, 11) is 0. The van der Waals surface area contributed by atoms with Gasteiger partial charge in [0.05, 0.1) is 6.61 Å². The van der Waals surface area contributed by atoms with Crippen LogP contribution in [0.15, 0.2) is 0 Å². The molecule has 0 rings (SSSR count). The first-order valence-corrected chi connectivity index (χ1v) is 5.57. The number of alkyl carbamates (subject to hydrolysis) is 1. The molecule has 17 heavy (non-hydrogen) atoms. The average molecular weight is 248 g/mol. The van der Waals surface area contributed by atoms with E-state index in [0.717, 1.165) is 0 Å². The van der Waals surface area contributed by atoms with Gasteiger partial charge in [-0.1, -0.05) is 0 Å². The van der Waals surface area contributed by atoms with E-state index in [0.29, 0.717) is 32.2 Å². The van der Waals surface area contributed by atoms with Gasteiger partial charge in [-0.25, -0.2) is 4.79 Å². The Balaban J connectivity index is 3.33. The fraction of sp³-hybridized carbons (Fsp3) is 0.800. The maximum absolute atomic E-state index is 11.0. The standard InChI is InChI=1S/C10H20N2O5/c11-8(9(14)15)4-1-2-5-12-10(16)17-7-3-6-13/h8,13H,1-7,11H2,(H,12,16)(H,14,15)/t8-/m0/s1. The summed E-state index contributed by atoms with van der Waals surface area (Å²) in [6, 6.07) is -0.841. The van der Waals surface area contributed by atoms with Crippen LogP contribution in [0.1, 0.15) is 25.7 Å². The van der Waals surface area contributed by atoms with Gasteiger partial charge >= 0.3 is 12.1 Å². The fourth-order valence-electron chi connectivity index (χ4n) is 1.08. The van der Waals surface area contributed by atoms with Crippen LogP contribution in [0.25, 0.3) is 0 Å². The van der Waals surface area contributed by atoms with Crippen molar-refractivity contribution in [2.75, 3.05) is 19.8 Å². The maximum Gasteiger partial charge on any atom is 0.407 e. The molecule has 1 amide bonds. The van der Waals surface area contributed by atoms with Crippen LogP contribution in [0, 0.1) is 0 Å². The number of ether oxygens (including phenoxy) is 1. The minimum atomic E-state index is -1.01. The summed E-state index contributed by atoms with van der Waals surface area (Å²) in [4.78, 5) is 21.4. The second kappa shape index (κ2) is 9.86. The van der Waals surface area contributed by atoms with Crippen molar-refractivity contribution in [3.63, 3.8) is 0 Å². The first kappa shape index (κ1) is 15.7. The molecular formula is C10H20N2O5. The summed E-state index contributed by atoms with van der Waals surface area (Å²) in [6.45, 7) is 0.594. The third-order valence-electron chi connectivity index (χ3n) is 2.06. The van der Waals surface area contributed by atoms with Gasteiger partial charge in [0.2, 0.25) is 0 Å². The first-order chi connectivity index (χ1) is 8.07. The predicted molar refractivity (Wildman–Crippen MR) is 60.5 cm³/mol. The molecule has 0 bridgehead atoms. The molecule has 0 aliphatic heterocycles. The molecule has 0 aliphatic carbocycles. The predicted octanol–water partition coefficient (Wildman–Crippen LogP) is -0.323. The van der Waals surface area contributed by atoms with Gasteiger partial charge in [-0.3, -0.25) is 4.79 Å². The van der Waals surface area contributed by atoms with Crippen molar-refractivity contribution < 1.29 is 24.5 Å². The van der Waals surface area contributed by atoms with Gasteiger partial charge in [0.1, 0.15) is 6.04 Å². The van der Waals surface area contributed by atoms with Gasteiger partial charge in [-0.2, -0.15) is 0 Å². The van der Waals surface area contributed by atoms with Crippen LogP contribution in [0.4, 0.5) is 4.79 Å². The molecule has 0 saturated carbocycles. The van der Waals surface area contributed by atoms with E-state index in [9.17, 15) is 9.59 Å². The van der Waals surface area contributed by atoms with Crippen molar-refractivity contribution in [3.05, 3.63) is 0 Å². The van der Waals surface area contributed by atoms with Gasteiger partial charge < -0.3 is 26.0 Å². The number of nitrogens with two attached hydrogens (primary N) is 1. The quantitative estimate of drug-likeness (QED) is 0.415. The molecule has 100 valence electrons. The Morgan fingerprint density at radius 1 is 1.29 bits per heavy atom. The van der Waals surface area contributed by atoms with Crippen LogP contribution in [-0.2, 0) is 9.53 Å². The molecule has 0 heterocycles. The number of nitrogens with one attached hydrogen (secondary N) is 1. The van der Waals surface area contributed by atoms with Gasteiger partial charge in [0.15, 0.2) is 0 Å². The zero-order chi connectivity index (χ0) is 13.1. The Hall–Kier alpha value is -1.34. The van der Waals surface area contributed by atoms with Crippen LogP contribution in [0.5, 0.6) is 0 Å². The molecule has 5 N–H and O–H groups in total. The SMILES string of the molecule is N[C@@H](CCCCNC(=O)OCCCO)C(=O)O. The molecule has 0 aromatic heterocycles. The molecule has 7 heteroatoms.